The summed E-state index contributed by atoms with van der Waals surface area (Å²) in [5.41, 5.74) is 0.489. The van der Waals surface area contributed by atoms with Crippen LogP contribution in [0.4, 0.5) is 5.69 Å². The molecule has 1 saturated heterocycles. The molecule has 0 bridgehead atoms. The Bertz CT molecular complexity index is 795. The quantitative estimate of drug-likeness (QED) is 0.580. The molecule has 0 spiro atoms. The number of rotatable bonds is 6. The minimum Gasteiger partial charge on any atom is -0.495 e. The number of methoxy groups -OCH3 is 1. The number of benzene rings is 1. The summed E-state index contributed by atoms with van der Waals surface area (Å²) in [6.45, 7) is 3.92. The molecule has 1 aromatic rings. The van der Waals surface area contributed by atoms with Gasteiger partial charge in [0.05, 0.1) is 24.0 Å². The molecule has 1 fully saturated rings. The zero-order chi connectivity index (χ0) is 20.4. The van der Waals surface area contributed by atoms with E-state index in [9.17, 15) is 14.4 Å². The number of likely N-dealkylation sites (tertiary alicyclic amines) is 1. The first-order chi connectivity index (χ1) is 13.3. The molecule has 150 valence electrons. The third-order valence-corrected chi connectivity index (χ3v) is 5.57. The number of hydrogen-bond acceptors (Lipinski definition) is 4. The second-order valence-corrected chi connectivity index (χ2v) is 8.09. The van der Waals surface area contributed by atoms with Crippen LogP contribution in [0, 0.1) is 17.8 Å². The zero-order valence-electron chi connectivity index (χ0n) is 16.3. The number of allylic oxidation sites excluding steroid dienone is 2. The Balaban J connectivity index is 1.83. The van der Waals surface area contributed by atoms with Crippen LogP contribution in [-0.4, -0.2) is 35.8 Å². The highest BCUT2D eigenvalue weighted by molar-refractivity contribution is 6.32. The highest BCUT2D eigenvalue weighted by Crippen LogP contribution is 2.37. The molecular formula is C21H25ClN2O4. The fourth-order valence-electron chi connectivity index (χ4n) is 3.88. The average molecular weight is 405 g/mol. The van der Waals surface area contributed by atoms with Crippen LogP contribution < -0.4 is 10.1 Å². The Morgan fingerprint density at radius 1 is 1.21 bits per heavy atom. The Labute approximate surface area is 169 Å². The van der Waals surface area contributed by atoms with Crippen molar-refractivity contribution in [2.75, 3.05) is 12.4 Å². The van der Waals surface area contributed by atoms with Gasteiger partial charge in [-0.3, -0.25) is 19.3 Å². The van der Waals surface area contributed by atoms with E-state index in [-0.39, 0.29) is 35.5 Å². The fraction of sp³-hybridized carbons (Fsp3) is 0.476. The van der Waals surface area contributed by atoms with E-state index in [2.05, 4.69) is 5.32 Å². The zero-order valence-corrected chi connectivity index (χ0v) is 17.0. The molecule has 1 aromatic carbocycles. The minimum absolute atomic E-state index is 0.136. The highest BCUT2D eigenvalue weighted by Gasteiger charge is 2.51. The van der Waals surface area contributed by atoms with Gasteiger partial charge >= 0.3 is 0 Å². The molecular weight excluding hydrogens is 380 g/mol. The molecule has 3 amide bonds. The highest BCUT2D eigenvalue weighted by atomic mass is 35.5. The van der Waals surface area contributed by atoms with Gasteiger partial charge in [0.1, 0.15) is 11.8 Å². The minimum atomic E-state index is -0.841. The van der Waals surface area contributed by atoms with Crippen LogP contribution in [0.5, 0.6) is 5.75 Å². The first kappa shape index (κ1) is 20.4. The summed E-state index contributed by atoms with van der Waals surface area (Å²) >= 11 is 6.13. The van der Waals surface area contributed by atoms with Crippen LogP contribution in [0.2, 0.25) is 5.02 Å². The van der Waals surface area contributed by atoms with Gasteiger partial charge in [-0.2, -0.15) is 0 Å². The van der Waals surface area contributed by atoms with E-state index in [0.717, 1.165) is 0 Å². The van der Waals surface area contributed by atoms with Gasteiger partial charge < -0.3 is 10.1 Å². The largest absolute Gasteiger partial charge is 0.495 e. The Morgan fingerprint density at radius 3 is 2.32 bits per heavy atom. The number of carbonyl (C=O) groups excluding carboxylic acids is 3. The lowest BCUT2D eigenvalue weighted by atomic mass is 9.85. The van der Waals surface area contributed by atoms with E-state index in [1.807, 2.05) is 26.0 Å². The maximum Gasteiger partial charge on any atom is 0.247 e. The topological polar surface area (TPSA) is 75.7 Å². The lowest BCUT2D eigenvalue weighted by Crippen LogP contribution is -2.48. The summed E-state index contributed by atoms with van der Waals surface area (Å²) in [6, 6.07) is 4.07. The molecule has 3 unspecified atom stereocenters. The third kappa shape index (κ3) is 3.92. The molecule has 0 aromatic heterocycles. The number of nitrogens with one attached hydrogen (secondary N) is 1. The average Bonchev–Trinajstić information content (AvgIpc) is 2.91. The standard InChI is InChI=1S/C21H25ClN2O4/c1-12(2)10-17(19(25)23-13-8-9-18(28-3)16(22)11-13)24-20(26)14-6-4-5-7-15(14)21(24)27/h4-5,8-9,11-12,14-15,17H,6-7,10H2,1-3H3,(H,23,25). The molecule has 1 N–H and O–H groups in total. The van der Waals surface area contributed by atoms with Crippen molar-refractivity contribution >= 4 is 35.0 Å². The van der Waals surface area contributed by atoms with Gasteiger partial charge in [0.15, 0.2) is 0 Å². The van der Waals surface area contributed by atoms with Crippen molar-refractivity contribution in [2.24, 2.45) is 17.8 Å². The van der Waals surface area contributed by atoms with Crippen molar-refractivity contribution in [2.45, 2.75) is 39.2 Å². The summed E-state index contributed by atoms with van der Waals surface area (Å²) < 4.78 is 5.12. The molecule has 3 rings (SSSR count). The number of anilines is 1. The van der Waals surface area contributed by atoms with Crippen molar-refractivity contribution < 1.29 is 19.1 Å². The summed E-state index contributed by atoms with van der Waals surface area (Å²) in [7, 11) is 1.51. The van der Waals surface area contributed by atoms with E-state index in [1.54, 1.807) is 18.2 Å². The van der Waals surface area contributed by atoms with Crippen molar-refractivity contribution in [1.82, 2.24) is 4.90 Å². The van der Waals surface area contributed by atoms with Crippen LogP contribution in [-0.2, 0) is 14.4 Å². The lowest BCUT2D eigenvalue weighted by Gasteiger charge is -2.27. The summed E-state index contributed by atoms with van der Waals surface area (Å²) in [6.07, 6.45) is 5.38. The van der Waals surface area contributed by atoms with E-state index >= 15 is 0 Å². The van der Waals surface area contributed by atoms with E-state index in [4.69, 9.17) is 16.3 Å². The van der Waals surface area contributed by atoms with Gasteiger partial charge in [0, 0.05) is 5.69 Å². The second kappa shape index (κ2) is 8.35. The Hall–Kier alpha value is -2.34. The molecule has 1 heterocycles. The van der Waals surface area contributed by atoms with Gasteiger partial charge in [0.25, 0.3) is 0 Å². The Kier molecular flexibility index (Phi) is 6.08. The van der Waals surface area contributed by atoms with Gasteiger partial charge in [0.2, 0.25) is 17.7 Å². The normalized spacial score (nSPS) is 22.4. The fourth-order valence-corrected chi connectivity index (χ4v) is 4.14. The molecule has 0 saturated carbocycles. The summed E-state index contributed by atoms with van der Waals surface area (Å²) in [5, 5.41) is 3.16. The van der Waals surface area contributed by atoms with Crippen molar-refractivity contribution in [1.29, 1.82) is 0 Å². The molecule has 1 aliphatic carbocycles. The maximum absolute atomic E-state index is 13.1. The molecule has 1 aliphatic heterocycles. The van der Waals surface area contributed by atoms with Crippen LogP contribution in [0.15, 0.2) is 30.4 Å². The monoisotopic (exact) mass is 404 g/mol. The number of nitrogens with zero attached hydrogens (tertiary/aromatic N) is 1. The SMILES string of the molecule is COc1ccc(NC(=O)C(CC(C)C)N2C(=O)C3CC=CCC3C2=O)cc1Cl. The molecule has 2 aliphatic rings. The van der Waals surface area contributed by atoms with Crippen molar-refractivity contribution in [3.05, 3.63) is 35.4 Å². The molecule has 7 heteroatoms. The number of imide groups is 1. The third-order valence-electron chi connectivity index (χ3n) is 5.27. The molecule has 3 atom stereocenters. The van der Waals surface area contributed by atoms with E-state index < -0.39 is 6.04 Å². The molecule has 28 heavy (non-hydrogen) atoms. The van der Waals surface area contributed by atoms with Crippen LogP contribution in [0.1, 0.15) is 33.1 Å². The molecule has 0 radical (unpaired) electrons. The number of halogens is 1. The second-order valence-electron chi connectivity index (χ2n) is 7.69. The van der Waals surface area contributed by atoms with E-state index in [0.29, 0.717) is 35.7 Å². The van der Waals surface area contributed by atoms with Crippen LogP contribution in [0.3, 0.4) is 0 Å². The number of hydrogen-bond donors (Lipinski definition) is 1. The van der Waals surface area contributed by atoms with Crippen LogP contribution >= 0.6 is 11.6 Å². The summed E-state index contributed by atoms with van der Waals surface area (Å²) in [4.78, 5) is 40.1. The number of ether oxygens (including phenoxy) is 1. The lowest BCUT2D eigenvalue weighted by molar-refractivity contribution is -0.147. The van der Waals surface area contributed by atoms with Gasteiger partial charge in [-0.25, -0.2) is 0 Å². The number of fused-ring (bicyclic) bond motifs is 1. The smallest absolute Gasteiger partial charge is 0.247 e. The van der Waals surface area contributed by atoms with Gasteiger partial charge in [-0.1, -0.05) is 37.6 Å². The maximum atomic E-state index is 13.1. The molecule has 6 nitrogen and oxygen atoms in total. The first-order valence-electron chi connectivity index (χ1n) is 9.49. The van der Waals surface area contributed by atoms with E-state index in [1.165, 1.54) is 12.0 Å². The van der Waals surface area contributed by atoms with Gasteiger partial charge in [-0.15, -0.1) is 0 Å². The summed E-state index contributed by atoms with van der Waals surface area (Å²) in [5.74, 6) is -0.939. The predicted molar refractivity (Wildman–Crippen MR) is 107 cm³/mol. The van der Waals surface area contributed by atoms with Crippen LogP contribution in [0.25, 0.3) is 0 Å². The Morgan fingerprint density at radius 2 is 1.82 bits per heavy atom. The first-order valence-corrected chi connectivity index (χ1v) is 9.87. The number of amides is 3. The number of carbonyl (C=O) groups is 3. The van der Waals surface area contributed by atoms with Crippen molar-refractivity contribution in [3.8, 4) is 5.75 Å². The van der Waals surface area contributed by atoms with Crippen molar-refractivity contribution in [3.63, 3.8) is 0 Å². The van der Waals surface area contributed by atoms with Gasteiger partial charge in [-0.05, 0) is 43.4 Å². The predicted octanol–water partition coefficient (Wildman–Crippen LogP) is 3.65.